The lowest BCUT2D eigenvalue weighted by Crippen LogP contribution is -2.53. The highest BCUT2D eigenvalue weighted by molar-refractivity contribution is 5.91. The Bertz CT molecular complexity index is 2420. The molecule has 0 radical (unpaired) electrons. The van der Waals surface area contributed by atoms with Crippen LogP contribution in [0.5, 0.6) is 28.7 Å². The summed E-state index contributed by atoms with van der Waals surface area (Å²) in [6.07, 6.45) is 5.42. The minimum absolute atomic E-state index is 0.125. The van der Waals surface area contributed by atoms with Gasteiger partial charge in [0.15, 0.2) is 23.0 Å². The van der Waals surface area contributed by atoms with Crippen LogP contribution >= 0.6 is 0 Å². The van der Waals surface area contributed by atoms with Gasteiger partial charge in [0.25, 0.3) is 0 Å². The molecule has 4 aromatic rings. The van der Waals surface area contributed by atoms with Crippen molar-refractivity contribution >= 4 is 11.9 Å². The number of fused-ring (bicyclic) bond motifs is 2. The normalized spacial score (nSPS) is 18.8. The number of benzene rings is 4. The number of carbonyl (C=O) groups excluding carboxylic acids is 2. The van der Waals surface area contributed by atoms with Gasteiger partial charge in [-0.15, -0.1) is 0 Å². The molecule has 0 saturated heterocycles. The molecule has 2 aliphatic heterocycles. The highest BCUT2D eigenvalue weighted by atomic mass is 16.5. The van der Waals surface area contributed by atoms with Gasteiger partial charge in [-0.25, -0.2) is 9.59 Å². The van der Waals surface area contributed by atoms with E-state index in [0.717, 1.165) is 82.6 Å². The molecule has 0 spiro atoms. The van der Waals surface area contributed by atoms with E-state index in [2.05, 4.69) is 20.2 Å². The summed E-state index contributed by atoms with van der Waals surface area (Å²) in [6.45, 7) is 3.13. The first kappa shape index (κ1) is 50.7. The first-order valence-corrected chi connectivity index (χ1v) is 22.8. The molecule has 15 nitrogen and oxygen atoms in total. The van der Waals surface area contributed by atoms with Gasteiger partial charge in [-0.05, 0) is 57.1 Å². The third kappa shape index (κ3) is 11.4. The van der Waals surface area contributed by atoms with Crippen molar-refractivity contribution in [3.63, 3.8) is 0 Å². The van der Waals surface area contributed by atoms with Crippen molar-refractivity contribution in [1.29, 1.82) is 0 Å². The molecule has 67 heavy (non-hydrogen) atoms. The summed E-state index contributed by atoms with van der Waals surface area (Å²) in [5.41, 5.74) is 9.63. The van der Waals surface area contributed by atoms with E-state index in [1.54, 1.807) is 35.5 Å². The van der Waals surface area contributed by atoms with E-state index in [4.69, 9.17) is 33.2 Å². The zero-order valence-electron chi connectivity index (χ0n) is 40.0. The second kappa shape index (κ2) is 22.9. The lowest BCUT2D eigenvalue weighted by molar-refractivity contribution is -0.941. The summed E-state index contributed by atoms with van der Waals surface area (Å²) in [5, 5.41) is 40.4. The Morgan fingerprint density at radius 1 is 0.642 bits per heavy atom. The lowest BCUT2D eigenvalue weighted by Gasteiger charge is -2.46. The minimum atomic E-state index is -0.645. The molecule has 2 heterocycles. The molecule has 0 saturated carbocycles. The number of ether oxygens (including phenoxy) is 7. The minimum Gasteiger partial charge on any atom is -0.496 e. The van der Waals surface area contributed by atoms with Gasteiger partial charge in [-0.1, -0.05) is 30.3 Å². The predicted molar refractivity (Wildman–Crippen MR) is 251 cm³/mol. The van der Waals surface area contributed by atoms with Crippen molar-refractivity contribution in [2.75, 3.05) is 89.0 Å². The zero-order chi connectivity index (χ0) is 48.3. The number of carbonyl (C=O) groups is 2. The molecule has 0 amide bonds. The Hall–Kier alpha value is -5.68. The number of aliphatic hydroxyl groups excluding tert-OH is 4. The largest absolute Gasteiger partial charge is 0.496 e. The number of methoxy groups -OCH3 is 5. The van der Waals surface area contributed by atoms with Crippen LogP contribution in [-0.4, -0.2) is 130 Å². The lowest BCUT2D eigenvalue weighted by atomic mass is 9.82. The van der Waals surface area contributed by atoms with Gasteiger partial charge >= 0.3 is 11.9 Å². The monoisotopic (exact) mass is 928 g/mol. The van der Waals surface area contributed by atoms with Crippen molar-refractivity contribution in [3.05, 3.63) is 111 Å². The van der Waals surface area contributed by atoms with Gasteiger partial charge in [0, 0.05) is 60.9 Å². The molecule has 2 aliphatic rings. The number of nitrogens with zero attached hydrogens (tertiary/aromatic N) is 2. The highest BCUT2D eigenvalue weighted by Crippen LogP contribution is 2.48. The van der Waals surface area contributed by atoms with Crippen LogP contribution in [0.15, 0.2) is 60.7 Å². The molecule has 15 heteroatoms. The van der Waals surface area contributed by atoms with Crippen LogP contribution < -0.4 is 23.7 Å². The first-order valence-electron chi connectivity index (χ1n) is 22.8. The Labute approximate surface area is 393 Å². The van der Waals surface area contributed by atoms with Crippen LogP contribution in [0.1, 0.15) is 69.0 Å². The first-order chi connectivity index (χ1) is 32.3. The third-order valence-electron chi connectivity index (χ3n) is 13.7. The molecule has 0 aromatic heterocycles. The van der Waals surface area contributed by atoms with E-state index in [9.17, 15) is 30.0 Å². The van der Waals surface area contributed by atoms with Crippen molar-refractivity contribution in [2.45, 2.75) is 71.1 Å². The number of hydrogen-bond acceptors (Lipinski definition) is 13. The quantitative estimate of drug-likeness (QED) is 0.0347. The molecule has 3 atom stereocenters. The average Bonchev–Trinajstić information content (AvgIpc) is 3.35. The van der Waals surface area contributed by atoms with Crippen LogP contribution in [0, 0.1) is 0 Å². The van der Waals surface area contributed by atoms with E-state index in [0.29, 0.717) is 87.7 Å². The molecule has 0 aliphatic carbocycles. The number of quaternary nitrogens is 2. The fourth-order valence-corrected chi connectivity index (χ4v) is 9.99. The number of rotatable bonds is 22. The molecule has 6 rings (SSSR count). The fraction of sp³-hybridized carbons (Fsp3) is 0.462. The Balaban J connectivity index is 1.04. The summed E-state index contributed by atoms with van der Waals surface area (Å²) < 4.78 is 41.1. The topological polar surface area (TPSA) is 180 Å². The molecule has 0 fully saturated rings. The van der Waals surface area contributed by atoms with Crippen LogP contribution in [0.3, 0.4) is 0 Å². The number of esters is 2. The fourth-order valence-electron chi connectivity index (χ4n) is 9.99. The second-order valence-electron chi connectivity index (χ2n) is 17.8. The van der Waals surface area contributed by atoms with Crippen molar-refractivity contribution in [2.24, 2.45) is 0 Å². The van der Waals surface area contributed by atoms with Crippen LogP contribution in [0.2, 0.25) is 0 Å². The zero-order valence-corrected chi connectivity index (χ0v) is 40.0. The average molecular weight is 929 g/mol. The van der Waals surface area contributed by atoms with E-state index in [1.807, 2.05) is 42.5 Å². The molecule has 4 N–H and O–H groups in total. The van der Waals surface area contributed by atoms with Crippen molar-refractivity contribution in [1.82, 2.24) is 0 Å². The number of likely N-dealkylation sites (N-methyl/N-ethyl adjacent to an activating group) is 2. The van der Waals surface area contributed by atoms with Gasteiger partial charge in [0.05, 0.1) is 121 Å². The number of aliphatic hydroxyl groups is 4. The highest BCUT2D eigenvalue weighted by Gasteiger charge is 2.42. The van der Waals surface area contributed by atoms with E-state index < -0.39 is 11.9 Å². The summed E-state index contributed by atoms with van der Waals surface area (Å²) in [5.74, 6) is 1.83. The summed E-state index contributed by atoms with van der Waals surface area (Å²) in [7, 11) is 12.4. The smallest absolute Gasteiger partial charge is 0.331 e. The standard InChI is InChI=1S/C52H68N2O13/c1-53(20-16-35-27-46(63-5)52(65-7)49(41(35)29-53)36-12-13-44(61-3)45(28-36)62-4)18-8-22-66-47(59)14-15-48(60)67-23-9-19-54(2)21-17-37-26-40(32-57)42(33-58)51(64-6)50(37)43(54)25-34-10-11-38(30-55)39(24-34)31-56/h10-15,24,26-28,43,55-58H,8-9,16-23,25,29-33H2,1-7H3/q+2. The number of hydrogen-bond donors (Lipinski definition) is 4. The van der Waals surface area contributed by atoms with E-state index in [-0.39, 0.29) is 45.7 Å². The maximum atomic E-state index is 12.8. The van der Waals surface area contributed by atoms with Crippen LogP contribution in [0.25, 0.3) is 11.1 Å². The molecule has 0 bridgehead atoms. The summed E-state index contributed by atoms with van der Waals surface area (Å²) in [4.78, 5) is 25.5. The van der Waals surface area contributed by atoms with Crippen LogP contribution in [0.4, 0.5) is 0 Å². The second-order valence-corrected chi connectivity index (χ2v) is 17.8. The van der Waals surface area contributed by atoms with Gasteiger partial charge < -0.3 is 62.6 Å². The molecule has 362 valence electrons. The molecule has 3 unspecified atom stereocenters. The van der Waals surface area contributed by atoms with Crippen LogP contribution in [-0.2, 0) is 71.3 Å². The van der Waals surface area contributed by atoms with Gasteiger partial charge in [0.2, 0.25) is 0 Å². The van der Waals surface area contributed by atoms with Gasteiger partial charge in [0.1, 0.15) is 18.3 Å². The van der Waals surface area contributed by atoms with Gasteiger partial charge in [-0.2, -0.15) is 0 Å². The molecular weight excluding hydrogens is 861 g/mol. The third-order valence-corrected chi connectivity index (χ3v) is 13.7. The summed E-state index contributed by atoms with van der Waals surface area (Å²) >= 11 is 0. The predicted octanol–water partition coefficient (Wildman–Crippen LogP) is 5.28. The Kier molecular flexibility index (Phi) is 17.3. The SMILES string of the molecule is COc1ccc(-c2c3c(cc(OC)c2OC)CC[N+](C)(CCCOC(=O)C=CC(=O)OCCC[N+]2(C)CCc4cc(CO)c(CO)c(OC)c4C2Cc2ccc(CO)c(CO)c2)C3)cc1OC. The summed E-state index contributed by atoms with van der Waals surface area (Å²) in [6, 6.07) is 15.4. The van der Waals surface area contributed by atoms with Crippen molar-refractivity contribution in [3.8, 4) is 39.9 Å². The Morgan fingerprint density at radius 2 is 1.28 bits per heavy atom. The maximum absolute atomic E-state index is 12.8. The maximum Gasteiger partial charge on any atom is 0.331 e. The van der Waals surface area contributed by atoms with E-state index >= 15 is 0 Å². The Morgan fingerprint density at radius 3 is 1.90 bits per heavy atom. The van der Waals surface area contributed by atoms with E-state index in [1.165, 1.54) is 5.56 Å². The van der Waals surface area contributed by atoms with Crippen molar-refractivity contribution < 1.29 is 72.1 Å². The molecular formula is C52H68N2O13+2. The molecule has 4 aromatic carbocycles. The van der Waals surface area contributed by atoms with Gasteiger partial charge in [-0.3, -0.25) is 0 Å².